The Hall–Kier alpha value is -1.78. The first-order valence-electron chi connectivity index (χ1n) is 6.97. The zero-order valence-electron chi connectivity index (χ0n) is 12.2. The minimum Gasteiger partial charge on any atom is -0.455 e. The molecule has 0 aromatic carbocycles. The molecule has 3 rings (SSSR count). The van der Waals surface area contributed by atoms with E-state index in [0.29, 0.717) is 18.9 Å². The van der Waals surface area contributed by atoms with Crippen LogP contribution >= 0.6 is 11.3 Å². The highest BCUT2D eigenvalue weighted by atomic mass is 32.2. The molecule has 0 saturated carbocycles. The van der Waals surface area contributed by atoms with Gasteiger partial charge in [0.25, 0.3) is 5.89 Å². The van der Waals surface area contributed by atoms with Crippen LogP contribution in [0.2, 0.25) is 0 Å². The zero-order chi connectivity index (χ0) is 16.3. The average Bonchev–Trinajstić information content (AvgIpc) is 3.18. The smallest absolute Gasteiger partial charge is 0.320 e. The summed E-state index contributed by atoms with van der Waals surface area (Å²) in [6, 6.07) is 3.75. The van der Waals surface area contributed by atoms with E-state index in [1.807, 2.05) is 17.5 Å². The molecule has 0 atom stereocenters. The van der Waals surface area contributed by atoms with Crippen molar-refractivity contribution >= 4 is 27.1 Å². The third-order valence-corrected chi connectivity index (χ3v) is 5.83. The maximum absolute atomic E-state index is 11.8. The van der Waals surface area contributed by atoms with Gasteiger partial charge in [-0.2, -0.15) is 4.98 Å². The van der Waals surface area contributed by atoms with Crippen molar-refractivity contribution in [2.24, 2.45) is 0 Å². The topological polar surface area (TPSA) is 103 Å². The molecule has 1 fully saturated rings. The summed E-state index contributed by atoms with van der Waals surface area (Å²) < 4.78 is 32.8. The molecule has 2 aromatic rings. The molecule has 124 valence electrons. The van der Waals surface area contributed by atoms with E-state index in [0.717, 1.165) is 4.88 Å². The van der Waals surface area contributed by atoms with Gasteiger partial charge in [0, 0.05) is 13.1 Å². The molecule has 1 aliphatic heterocycles. The van der Waals surface area contributed by atoms with Crippen LogP contribution in [-0.4, -0.2) is 60.6 Å². The molecule has 0 radical (unpaired) electrons. The third kappa shape index (κ3) is 4.36. The first-order valence-corrected chi connectivity index (χ1v) is 9.67. The van der Waals surface area contributed by atoms with Crippen LogP contribution in [0.1, 0.15) is 5.89 Å². The fourth-order valence-electron chi connectivity index (χ4n) is 2.10. The fourth-order valence-corrected chi connectivity index (χ4v) is 4.02. The highest BCUT2D eigenvalue weighted by Gasteiger charge is 2.23. The number of hydrogen-bond donors (Lipinski definition) is 0. The van der Waals surface area contributed by atoms with Crippen molar-refractivity contribution in [1.82, 2.24) is 15.0 Å². The molecule has 0 aliphatic carbocycles. The van der Waals surface area contributed by atoms with Crippen molar-refractivity contribution in [3.8, 4) is 10.7 Å². The fraction of sp³-hybridized carbons (Fsp3) is 0.462. The molecular weight excluding hydrogens is 342 g/mol. The minimum absolute atomic E-state index is 0.0570. The Kier molecular flexibility index (Phi) is 4.74. The van der Waals surface area contributed by atoms with Crippen LogP contribution in [-0.2, 0) is 26.0 Å². The predicted octanol–water partition coefficient (Wildman–Crippen LogP) is 0.572. The summed E-state index contributed by atoms with van der Waals surface area (Å²) >= 11 is 1.49. The number of esters is 1. The van der Waals surface area contributed by atoms with Gasteiger partial charge in [0.15, 0.2) is 16.4 Å². The van der Waals surface area contributed by atoms with Gasteiger partial charge in [-0.25, -0.2) is 8.42 Å². The average molecular weight is 357 g/mol. The predicted molar refractivity (Wildman–Crippen MR) is 82.5 cm³/mol. The van der Waals surface area contributed by atoms with Crippen molar-refractivity contribution in [3.05, 3.63) is 23.4 Å². The van der Waals surface area contributed by atoms with E-state index in [9.17, 15) is 13.2 Å². The highest BCUT2D eigenvalue weighted by Crippen LogP contribution is 2.21. The monoisotopic (exact) mass is 357 g/mol. The van der Waals surface area contributed by atoms with E-state index in [1.54, 1.807) is 4.90 Å². The molecule has 2 aromatic heterocycles. The standard InChI is InChI=1S/C13H15N3O5S2/c17-12(8-16-3-6-23(18,19)7-4-16)20-9-11-14-13(15-21-11)10-2-1-5-22-10/h1-2,5H,3-4,6-9H2. The molecule has 8 nitrogen and oxygen atoms in total. The number of aromatic nitrogens is 2. The molecule has 23 heavy (non-hydrogen) atoms. The number of thiophene rings is 1. The lowest BCUT2D eigenvalue weighted by molar-refractivity contribution is -0.147. The molecular formula is C13H15N3O5S2. The molecule has 1 saturated heterocycles. The van der Waals surface area contributed by atoms with Gasteiger partial charge in [0.2, 0.25) is 5.82 Å². The maximum Gasteiger partial charge on any atom is 0.320 e. The largest absolute Gasteiger partial charge is 0.455 e. The van der Waals surface area contributed by atoms with Crippen LogP contribution in [0, 0.1) is 0 Å². The number of sulfone groups is 1. The summed E-state index contributed by atoms with van der Waals surface area (Å²) in [7, 11) is -2.95. The van der Waals surface area contributed by atoms with Crippen molar-refractivity contribution in [2.75, 3.05) is 31.1 Å². The summed E-state index contributed by atoms with van der Waals surface area (Å²) in [5.74, 6) is 0.401. The van der Waals surface area contributed by atoms with Crippen LogP contribution < -0.4 is 0 Å². The number of nitrogens with zero attached hydrogens (tertiary/aromatic N) is 3. The maximum atomic E-state index is 11.8. The van der Waals surface area contributed by atoms with E-state index in [-0.39, 0.29) is 30.5 Å². The van der Waals surface area contributed by atoms with E-state index < -0.39 is 15.8 Å². The van der Waals surface area contributed by atoms with Crippen LogP contribution in [0.5, 0.6) is 0 Å². The molecule has 0 bridgehead atoms. The van der Waals surface area contributed by atoms with Crippen LogP contribution in [0.15, 0.2) is 22.0 Å². The summed E-state index contributed by atoms with van der Waals surface area (Å²) in [6.07, 6.45) is 0. The van der Waals surface area contributed by atoms with Crippen molar-refractivity contribution in [3.63, 3.8) is 0 Å². The number of carbonyl (C=O) groups is 1. The zero-order valence-corrected chi connectivity index (χ0v) is 13.8. The van der Waals surface area contributed by atoms with Gasteiger partial charge in [-0.1, -0.05) is 11.2 Å². The molecule has 10 heteroatoms. The second kappa shape index (κ2) is 6.77. The summed E-state index contributed by atoms with van der Waals surface area (Å²) in [5.41, 5.74) is 0. The van der Waals surface area contributed by atoms with E-state index in [1.165, 1.54) is 11.3 Å². The van der Waals surface area contributed by atoms with Gasteiger partial charge in [0.1, 0.15) is 0 Å². The molecule has 0 N–H and O–H groups in total. The van der Waals surface area contributed by atoms with Gasteiger partial charge in [0.05, 0.1) is 22.9 Å². The summed E-state index contributed by atoms with van der Waals surface area (Å²) in [4.78, 5) is 18.6. The second-order valence-electron chi connectivity index (χ2n) is 5.08. The Bertz CT molecular complexity index is 755. The lowest BCUT2D eigenvalue weighted by Gasteiger charge is -2.25. The lowest BCUT2D eigenvalue weighted by Crippen LogP contribution is -2.43. The van der Waals surface area contributed by atoms with Gasteiger partial charge in [-0.15, -0.1) is 11.3 Å². The normalized spacial score (nSPS) is 17.9. The van der Waals surface area contributed by atoms with E-state index in [2.05, 4.69) is 10.1 Å². The first-order chi connectivity index (χ1) is 11.0. The van der Waals surface area contributed by atoms with E-state index in [4.69, 9.17) is 9.26 Å². The lowest BCUT2D eigenvalue weighted by atomic mass is 10.4. The van der Waals surface area contributed by atoms with Crippen LogP contribution in [0.3, 0.4) is 0 Å². The third-order valence-electron chi connectivity index (χ3n) is 3.36. The number of hydrogen-bond acceptors (Lipinski definition) is 9. The van der Waals surface area contributed by atoms with Crippen molar-refractivity contribution in [1.29, 1.82) is 0 Å². The molecule has 3 heterocycles. The number of rotatable bonds is 5. The van der Waals surface area contributed by atoms with Gasteiger partial charge < -0.3 is 9.26 Å². The minimum atomic E-state index is -2.95. The van der Waals surface area contributed by atoms with Gasteiger partial charge in [-0.3, -0.25) is 9.69 Å². The quantitative estimate of drug-likeness (QED) is 0.716. The summed E-state index contributed by atoms with van der Waals surface area (Å²) in [5, 5.41) is 5.73. The first kappa shape index (κ1) is 16.1. The number of carbonyl (C=O) groups excluding carboxylic acids is 1. The van der Waals surface area contributed by atoms with E-state index >= 15 is 0 Å². The molecule has 0 amide bonds. The Morgan fingerprint density at radius 2 is 2.17 bits per heavy atom. The Morgan fingerprint density at radius 1 is 1.39 bits per heavy atom. The van der Waals surface area contributed by atoms with Crippen molar-refractivity contribution < 1.29 is 22.5 Å². The highest BCUT2D eigenvalue weighted by molar-refractivity contribution is 7.91. The second-order valence-corrected chi connectivity index (χ2v) is 8.33. The Balaban J connectivity index is 1.46. The molecule has 0 spiro atoms. The summed E-state index contributed by atoms with van der Waals surface area (Å²) in [6.45, 7) is 0.659. The van der Waals surface area contributed by atoms with Gasteiger partial charge >= 0.3 is 5.97 Å². The SMILES string of the molecule is O=C(CN1CCS(=O)(=O)CC1)OCc1nc(-c2cccs2)no1. The van der Waals surface area contributed by atoms with Crippen LogP contribution in [0.25, 0.3) is 10.7 Å². The molecule has 1 aliphatic rings. The Labute approximate surface area is 137 Å². The molecule has 0 unspecified atom stereocenters. The van der Waals surface area contributed by atoms with Gasteiger partial charge in [-0.05, 0) is 11.4 Å². The Morgan fingerprint density at radius 3 is 2.87 bits per heavy atom. The number of ether oxygens (including phenoxy) is 1. The van der Waals surface area contributed by atoms with Crippen LogP contribution in [0.4, 0.5) is 0 Å². The van der Waals surface area contributed by atoms with Crippen molar-refractivity contribution in [2.45, 2.75) is 6.61 Å².